The summed E-state index contributed by atoms with van der Waals surface area (Å²) in [5, 5.41) is 21.3. The van der Waals surface area contributed by atoms with Gasteiger partial charge in [-0.05, 0) is 24.3 Å². The highest BCUT2D eigenvalue weighted by Gasteiger charge is 2.52. The fourth-order valence-electron chi connectivity index (χ4n) is 2.56. The van der Waals surface area contributed by atoms with Gasteiger partial charge in [0, 0.05) is 13.8 Å². The van der Waals surface area contributed by atoms with Gasteiger partial charge in [-0.25, -0.2) is 4.79 Å². The predicted molar refractivity (Wildman–Crippen MR) is 87.9 cm³/mol. The summed E-state index contributed by atoms with van der Waals surface area (Å²) in [4.78, 5) is 34.5. The van der Waals surface area contributed by atoms with Gasteiger partial charge in [0.05, 0.1) is 5.56 Å². The Balaban J connectivity index is 2.20. The molecule has 0 aromatic heterocycles. The molecule has 1 aliphatic rings. The van der Waals surface area contributed by atoms with Crippen molar-refractivity contribution in [2.75, 3.05) is 6.61 Å². The molecule has 0 amide bonds. The Morgan fingerprint density at radius 3 is 2.23 bits per heavy atom. The van der Waals surface area contributed by atoms with Gasteiger partial charge >= 0.3 is 17.9 Å². The zero-order valence-electron chi connectivity index (χ0n) is 14.3. The minimum Gasteiger partial charge on any atom is -0.459 e. The molecule has 1 aromatic carbocycles. The summed E-state index contributed by atoms with van der Waals surface area (Å²) in [5.74, 6) is -2.11. The number of ether oxygens (including phenoxy) is 3. The zero-order valence-corrected chi connectivity index (χ0v) is 14.3. The highest BCUT2D eigenvalue weighted by atomic mass is 16.6. The van der Waals surface area contributed by atoms with Crippen LogP contribution in [0.1, 0.15) is 24.2 Å². The Morgan fingerprint density at radius 2 is 1.65 bits per heavy atom. The summed E-state index contributed by atoms with van der Waals surface area (Å²) in [6, 6.07) is 8.05. The molecule has 2 unspecified atom stereocenters. The van der Waals surface area contributed by atoms with E-state index in [0.29, 0.717) is 0 Å². The Hall–Kier alpha value is -2.71. The third-order valence-electron chi connectivity index (χ3n) is 3.83. The minimum absolute atomic E-state index is 0.248. The lowest BCUT2D eigenvalue weighted by Crippen LogP contribution is -2.62. The average Bonchev–Trinajstić information content (AvgIpc) is 2.60. The van der Waals surface area contributed by atoms with Gasteiger partial charge in [0.25, 0.3) is 0 Å². The van der Waals surface area contributed by atoms with Crippen LogP contribution < -0.4 is 0 Å². The Labute approximate surface area is 150 Å². The van der Waals surface area contributed by atoms with Gasteiger partial charge in [-0.3, -0.25) is 9.59 Å². The molecule has 0 spiro atoms. The molecule has 0 saturated heterocycles. The summed E-state index contributed by atoms with van der Waals surface area (Å²) in [6.07, 6.45) is -1.57. The van der Waals surface area contributed by atoms with Crippen molar-refractivity contribution in [3.05, 3.63) is 48.0 Å². The van der Waals surface area contributed by atoms with Crippen LogP contribution in [-0.2, 0) is 23.8 Å². The first kappa shape index (κ1) is 19.6. The van der Waals surface area contributed by atoms with E-state index in [2.05, 4.69) is 0 Å². The molecular weight excluding hydrogens is 344 g/mol. The van der Waals surface area contributed by atoms with Crippen LogP contribution in [0.3, 0.4) is 0 Å². The number of carbonyl (C=O) groups is 3. The number of hydrogen-bond donors (Lipinski definition) is 2. The maximum atomic E-state index is 12.1. The third-order valence-corrected chi connectivity index (χ3v) is 3.83. The molecule has 2 rings (SSSR count). The fraction of sp³-hybridized carbons (Fsp3) is 0.389. The van der Waals surface area contributed by atoms with E-state index >= 15 is 0 Å². The second kappa shape index (κ2) is 8.11. The highest BCUT2D eigenvalue weighted by Crippen LogP contribution is 2.30. The summed E-state index contributed by atoms with van der Waals surface area (Å²) < 4.78 is 15.0. The number of benzene rings is 1. The summed E-state index contributed by atoms with van der Waals surface area (Å²) >= 11 is 0. The first-order chi connectivity index (χ1) is 12.2. The van der Waals surface area contributed by atoms with Crippen molar-refractivity contribution in [3.8, 4) is 0 Å². The van der Waals surface area contributed by atoms with E-state index in [0.717, 1.165) is 13.8 Å². The van der Waals surface area contributed by atoms with E-state index in [1.807, 2.05) is 0 Å². The van der Waals surface area contributed by atoms with E-state index in [1.165, 1.54) is 24.3 Å². The zero-order chi connectivity index (χ0) is 19.3. The van der Waals surface area contributed by atoms with Crippen molar-refractivity contribution in [2.24, 2.45) is 0 Å². The van der Waals surface area contributed by atoms with Crippen molar-refractivity contribution in [1.29, 1.82) is 0 Å². The minimum atomic E-state index is -2.19. The lowest BCUT2D eigenvalue weighted by molar-refractivity contribution is -0.205. The average molecular weight is 364 g/mol. The molecular formula is C18H20O8. The van der Waals surface area contributed by atoms with Gasteiger partial charge in [0.1, 0.15) is 18.8 Å². The van der Waals surface area contributed by atoms with Crippen LogP contribution in [0.5, 0.6) is 0 Å². The Bertz CT molecular complexity index is 698. The molecule has 8 heteroatoms. The van der Waals surface area contributed by atoms with Crippen LogP contribution in [0.15, 0.2) is 42.5 Å². The van der Waals surface area contributed by atoms with Gasteiger partial charge in [0.2, 0.25) is 0 Å². The molecule has 140 valence electrons. The SMILES string of the molecule is CC(=O)OC1C=CC(OC(C)=O)[C@](O)(COC(=O)c2ccccc2)[C@@H]1O. The lowest BCUT2D eigenvalue weighted by atomic mass is 9.82. The predicted octanol–water partition coefficient (Wildman–Crippen LogP) is 0.369. The fourth-order valence-corrected chi connectivity index (χ4v) is 2.56. The van der Waals surface area contributed by atoms with Gasteiger partial charge < -0.3 is 24.4 Å². The summed E-state index contributed by atoms with van der Waals surface area (Å²) in [7, 11) is 0. The van der Waals surface area contributed by atoms with E-state index in [9.17, 15) is 24.6 Å². The highest BCUT2D eigenvalue weighted by molar-refractivity contribution is 5.89. The summed E-state index contributed by atoms with van der Waals surface area (Å²) in [5.41, 5.74) is -1.94. The molecule has 26 heavy (non-hydrogen) atoms. The van der Waals surface area contributed by atoms with E-state index in [1.54, 1.807) is 18.2 Å². The molecule has 8 nitrogen and oxygen atoms in total. The molecule has 4 atom stereocenters. The van der Waals surface area contributed by atoms with Crippen molar-refractivity contribution < 1.29 is 38.8 Å². The topological polar surface area (TPSA) is 119 Å². The standard InChI is InChI=1S/C18H20O8/c1-11(19)25-14-8-9-15(26-12(2)20)18(23,16(14)21)10-24-17(22)13-6-4-3-5-7-13/h3-9,14-16,21,23H,10H2,1-2H3/t14?,15?,16-,18-/m1/s1. The monoisotopic (exact) mass is 364 g/mol. The normalized spacial score (nSPS) is 27.5. The van der Waals surface area contributed by atoms with Crippen LogP contribution in [0, 0.1) is 0 Å². The van der Waals surface area contributed by atoms with Gasteiger partial charge in [-0.15, -0.1) is 0 Å². The van der Waals surface area contributed by atoms with Crippen LogP contribution in [0.25, 0.3) is 0 Å². The first-order valence-electron chi connectivity index (χ1n) is 7.89. The lowest BCUT2D eigenvalue weighted by Gasteiger charge is -2.41. The van der Waals surface area contributed by atoms with Crippen LogP contribution >= 0.6 is 0 Å². The van der Waals surface area contributed by atoms with E-state index in [4.69, 9.17) is 14.2 Å². The Kier molecular flexibility index (Phi) is 6.12. The van der Waals surface area contributed by atoms with Crippen molar-refractivity contribution >= 4 is 17.9 Å². The maximum absolute atomic E-state index is 12.1. The molecule has 0 bridgehead atoms. The second-order valence-electron chi connectivity index (χ2n) is 5.87. The molecule has 0 aliphatic heterocycles. The number of carbonyl (C=O) groups excluding carboxylic acids is 3. The number of esters is 3. The molecule has 2 N–H and O–H groups in total. The molecule has 1 aromatic rings. The second-order valence-corrected chi connectivity index (χ2v) is 5.87. The number of rotatable bonds is 5. The van der Waals surface area contributed by atoms with Gasteiger partial charge in [0.15, 0.2) is 11.7 Å². The van der Waals surface area contributed by atoms with Crippen molar-refractivity contribution in [3.63, 3.8) is 0 Å². The molecule has 0 heterocycles. The third kappa shape index (κ3) is 4.47. The van der Waals surface area contributed by atoms with E-state index < -0.39 is 48.4 Å². The maximum Gasteiger partial charge on any atom is 0.338 e. The van der Waals surface area contributed by atoms with E-state index in [-0.39, 0.29) is 5.56 Å². The molecule has 0 fully saturated rings. The van der Waals surface area contributed by atoms with Crippen LogP contribution in [0.4, 0.5) is 0 Å². The quantitative estimate of drug-likeness (QED) is 0.437. The van der Waals surface area contributed by atoms with Crippen LogP contribution in [-0.4, -0.2) is 58.6 Å². The van der Waals surface area contributed by atoms with Crippen LogP contribution in [0.2, 0.25) is 0 Å². The number of aliphatic hydroxyl groups excluding tert-OH is 1. The molecule has 1 aliphatic carbocycles. The van der Waals surface area contributed by atoms with Crippen molar-refractivity contribution in [1.82, 2.24) is 0 Å². The van der Waals surface area contributed by atoms with Gasteiger partial charge in [-0.2, -0.15) is 0 Å². The first-order valence-corrected chi connectivity index (χ1v) is 7.89. The smallest absolute Gasteiger partial charge is 0.338 e. The number of aliphatic hydroxyl groups is 2. The Morgan fingerprint density at radius 1 is 1.04 bits per heavy atom. The largest absolute Gasteiger partial charge is 0.459 e. The summed E-state index contributed by atoms with van der Waals surface area (Å²) in [6.45, 7) is 1.60. The van der Waals surface area contributed by atoms with Crippen molar-refractivity contribution in [2.45, 2.75) is 37.8 Å². The molecule has 0 saturated carbocycles. The number of hydrogen-bond acceptors (Lipinski definition) is 8. The molecule has 0 radical (unpaired) electrons. The van der Waals surface area contributed by atoms with Gasteiger partial charge in [-0.1, -0.05) is 18.2 Å².